The average Bonchev–Trinajstić information content (AvgIpc) is 3.37. The van der Waals surface area contributed by atoms with Crippen LogP contribution < -0.4 is 4.90 Å². The van der Waals surface area contributed by atoms with Crippen molar-refractivity contribution in [3.63, 3.8) is 0 Å². The van der Waals surface area contributed by atoms with Crippen LogP contribution in [0.2, 0.25) is 0 Å². The van der Waals surface area contributed by atoms with Gasteiger partial charge in [-0.1, -0.05) is 17.3 Å². The zero-order valence-electron chi connectivity index (χ0n) is 14.4. The van der Waals surface area contributed by atoms with Gasteiger partial charge in [-0.2, -0.15) is 0 Å². The maximum absolute atomic E-state index is 9.63. The highest BCUT2D eigenvalue weighted by atomic mass is 16.5. The lowest BCUT2D eigenvalue weighted by molar-refractivity contribution is 0.114. The molecule has 0 unspecified atom stereocenters. The summed E-state index contributed by atoms with van der Waals surface area (Å²) in [5.41, 5.74) is 1.37. The zero-order valence-corrected chi connectivity index (χ0v) is 14.4. The molecule has 4 heterocycles. The van der Waals surface area contributed by atoms with E-state index in [0.29, 0.717) is 29.3 Å². The summed E-state index contributed by atoms with van der Waals surface area (Å²) in [6, 6.07) is 8.68. The second-order valence-electron chi connectivity index (χ2n) is 6.87. The minimum absolute atomic E-state index is 0.184. The summed E-state index contributed by atoms with van der Waals surface area (Å²) in [5.74, 6) is 2.81. The summed E-state index contributed by atoms with van der Waals surface area (Å²) in [4.78, 5) is 2.22. The molecule has 134 valence electrons. The quantitative estimate of drug-likeness (QED) is 0.771. The molecule has 0 amide bonds. The molecular weight excluding hydrogens is 334 g/mol. The van der Waals surface area contributed by atoms with Crippen LogP contribution in [0.15, 0.2) is 34.9 Å². The Morgan fingerprint density at radius 1 is 1.19 bits per heavy atom. The fourth-order valence-electron chi connectivity index (χ4n) is 3.84. The molecule has 0 saturated carbocycles. The fraction of sp³-hybridized carbons (Fsp3) is 0.389. The van der Waals surface area contributed by atoms with E-state index in [4.69, 9.17) is 9.26 Å². The number of fused-ring (bicyclic) bond motifs is 1. The first-order chi connectivity index (χ1) is 12.7. The minimum Gasteiger partial charge on any atom is -0.508 e. The Labute approximate surface area is 150 Å². The third-order valence-corrected chi connectivity index (χ3v) is 5.21. The first kappa shape index (κ1) is 15.4. The van der Waals surface area contributed by atoms with Gasteiger partial charge in [0.05, 0.1) is 6.10 Å². The molecule has 0 bridgehead atoms. The smallest absolute Gasteiger partial charge is 0.227 e. The van der Waals surface area contributed by atoms with E-state index < -0.39 is 0 Å². The first-order valence-corrected chi connectivity index (χ1v) is 8.71. The van der Waals surface area contributed by atoms with Gasteiger partial charge in [0.15, 0.2) is 17.3 Å². The summed E-state index contributed by atoms with van der Waals surface area (Å²) >= 11 is 0. The predicted molar refractivity (Wildman–Crippen MR) is 93.7 cm³/mol. The van der Waals surface area contributed by atoms with Gasteiger partial charge < -0.3 is 19.3 Å². The number of aromatic nitrogens is 4. The molecule has 5 rings (SSSR count). The van der Waals surface area contributed by atoms with Crippen molar-refractivity contribution in [2.24, 2.45) is 13.0 Å². The van der Waals surface area contributed by atoms with E-state index in [0.717, 1.165) is 37.6 Å². The summed E-state index contributed by atoms with van der Waals surface area (Å²) in [5, 5.41) is 22.4. The largest absolute Gasteiger partial charge is 0.508 e. The van der Waals surface area contributed by atoms with E-state index >= 15 is 0 Å². The number of anilines is 1. The summed E-state index contributed by atoms with van der Waals surface area (Å²) in [6.07, 6.45) is 1.42. The van der Waals surface area contributed by atoms with Crippen LogP contribution in [-0.2, 0) is 11.8 Å². The topological polar surface area (TPSA) is 89.4 Å². The van der Waals surface area contributed by atoms with E-state index in [9.17, 15) is 5.11 Å². The number of hydrogen-bond acceptors (Lipinski definition) is 7. The highest BCUT2D eigenvalue weighted by molar-refractivity contribution is 5.65. The maximum atomic E-state index is 9.63. The predicted octanol–water partition coefficient (Wildman–Crippen LogP) is 2.07. The maximum Gasteiger partial charge on any atom is 0.227 e. The molecule has 2 saturated heterocycles. The standard InChI is InChI=1S/C18H19N5O3/c1-22-17(14-8-15(26-21-14)11-3-2-4-13(24)7-11)19-20-18(22)23-9-12-5-6-25-16(12)10-23/h2-4,7-8,12,16,24H,5-6,9-10H2,1H3/t12-,16+/m0/s1. The number of phenolic OH excluding ortho intramolecular Hbond substituents is 1. The van der Waals surface area contributed by atoms with Gasteiger partial charge in [-0.05, 0) is 18.6 Å². The molecule has 2 aliphatic rings. The number of benzene rings is 1. The summed E-state index contributed by atoms with van der Waals surface area (Å²) in [6.45, 7) is 2.66. The molecule has 2 aliphatic heterocycles. The minimum atomic E-state index is 0.184. The normalized spacial score (nSPS) is 22.1. The van der Waals surface area contributed by atoms with Gasteiger partial charge in [0.1, 0.15) is 5.75 Å². The van der Waals surface area contributed by atoms with E-state index in [1.54, 1.807) is 18.2 Å². The molecule has 0 radical (unpaired) electrons. The lowest BCUT2D eigenvalue weighted by atomic mass is 10.1. The van der Waals surface area contributed by atoms with Crippen LogP contribution in [0.3, 0.4) is 0 Å². The van der Waals surface area contributed by atoms with Crippen molar-refractivity contribution < 1.29 is 14.4 Å². The Morgan fingerprint density at radius 2 is 2.12 bits per heavy atom. The average molecular weight is 353 g/mol. The molecule has 1 N–H and O–H groups in total. The van der Waals surface area contributed by atoms with Crippen molar-refractivity contribution in [2.45, 2.75) is 12.5 Å². The SMILES string of the molecule is Cn1c(-c2cc(-c3cccc(O)c3)on2)nnc1N1C[C@@H]2CCO[C@@H]2C1. The number of rotatable bonds is 3. The molecule has 2 atom stereocenters. The molecular formula is C18H19N5O3. The molecule has 0 spiro atoms. The van der Waals surface area contributed by atoms with Crippen molar-refractivity contribution in [1.82, 2.24) is 19.9 Å². The van der Waals surface area contributed by atoms with E-state index in [1.807, 2.05) is 23.7 Å². The van der Waals surface area contributed by atoms with Crippen molar-refractivity contribution in [3.8, 4) is 28.6 Å². The Kier molecular flexibility index (Phi) is 3.46. The summed E-state index contributed by atoms with van der Waals surface area (Å²) < 4.78 is 13.1. The lowest BCUT2D eigenvalue weighted by Gasteiger charge is -2.17. The molecule has 0 aliphatic carbocycles. The Bertz CT molecular complexity index is 938. The van der Waals surface area contributed by atoms with Crippen LogP contribution in [0.4, 0.5) is 5.95 Å². The molecule has 2 fully saturated rings. The highest BCUT2D eigenvalue weighted by Gasteiger charge is 2.39. The Balaban J connectivity index is 1.42. The van der Waals surface area contributed by atoms with Crippen molar-refractivity contribution in [1.29, 1.82) is 0 Å². The van der Waals surface area contributed by atoms with Crippen LogP contribution in [-0.4, -0.2) is 50.8 Å². The van der Waals surface area contributed by atoms with Crippen molar-refractivity contribution in [2.75, 3.05) is 24.6 Å². The van der Waals surface area contributed by atoms with Crippen LogP contribution in [0.1, 0.15) is 6.42 Å². The van der Waals surface area contributed by atoms with Crippen LogP contribution in [0, 0.1) is 5.92 Å². The van der Waals surface area contributed by atoms with E-state index in [2.05, 4.69) is 20.3 Å². The highest BCUT2D eigenvalue weighted by Crippen LogP contribution is 2.33. The van der Waals surface area contributed by atoms with E-state index in [-0.39, 0.29) is 5.75 Å². The zero-order chi connectivity index (χ0) is 17.7. The number of ether oxygens (including phenoxy) is 1. The van der Waals surface area contributed by atoms with Gasteiger partial charge in [-0.25, -0.2) is 0 Å². The monoisotopic (exact) mass is 353 g/mol. The first-order valence-electron chi connectivity index (χ1n) is 8.71. The van der Waals surface area contributed by atoms with Gasteiger partial charge in [-0.15, -0.1) is 10.2 Å². The van der Waals surface area contributed by atoms with Gasteiger partial charge in [0.2, 0.25) is 5.95 Å². The van der Waals surface area contributed by atoms with Crippen LogP contribution >= 0.6 is 0 Å². The van der Waals surface area contributed by atoms with Gasteiger partial charge in [-0.3, -0.25) is 4.57 Å². The number of aromatic hydroxyl groups is 1. The Morgan fingerprint density at radius 3 is 2.96 bits per heavy atom. The van der Waals surface area contributed by atoms with Gasteiger partial charge in [0.25, 0.3) is 0 Å². The second kappa shape index (κ2) is 5.84. The van der Waals surface area contributed by atoms with Crippen molar-refractivity contribution >= 4 is 5.95 Å². The molecule has 3 aromatic rings. The third-order valence-electron chi connectivity index (χ3n) is 5.21. The summed E-state index contributed by atoms with van der Waals surface area (Å²) in [7, 11) is 1.93. The molecule has 26 heavy (non-hydrogen) atoms. The Hall–Kier alpha value is -2.87. The second-order valence-corrected chi connectivity index (χ2v) is 6.87. The van der Waals surface area contributed by atoms with Crippen LogP contribution in [0.5, 0.6) is 5.75 Å². The molecule has 8 heteroatoms. The van der Waals surface area contributed by atoms with Crippen LogP contribution in [0.25, 0.3) is 22.8 Å². The number of nitrogens with zero attached hydrogens (tertiary/aromatic N) is 5. The molecule has 1 aromatic carbocycles. The van der Waals surface area contributed by atoms with Crippen molar-refractivity contribution in [3.05, 3.63) is 30.3 Å². The third kappa shape index (κ3) is 2.45. The van der Waals surface area contributed by atoms with Gasteiger partial charge >= 0.3 is 0 Å². The molecule has 8 nitrogen and oxygen atoms in total. The van der Waals surface area contributed by atoms with Gasteiger partial charge in [0, 0.05) is 44.3 Å². The lowest BCUT2D eigenvalue weighted by Crippen LogP contribution is -2.25. The number of phenols is 1. The fourth-order valence-corrected chi connectivity index (χ4v) is 3.84. The molecule has 2 aromatic heterocycles. The number of hydrogen-bond donors (Lipinski definition) is 1. The van der Waals surface area contributed by atoms with E-state index in [1.165, 1.54) is 0 Å².